The van der Waals surface area contributed by atoms with Crippen LogP contribution in [0, 0.1) is 6.92 Å². The number of aromatic nitrogens is 2. The summed E-state index contributed by atoms with van der Waals surface area (Å²) in [5.74, 6) is -0.634. The minimum Gasteiger partial charge on any atom is -0.465 e. The van der Waals surface area contributed by atoms with Crippen LogP contribution in [0.3, 0.4) is 0 Å². The van der Waals surface area contributed by atoms with E-state index in [0.29, 0.717) is 27.7 Å². The van der Waals surface area contributed by atoms with E-state index >= 15 is 0 Å². The molecule has 1 amide bonds. The second-order valence-corrected chi connectivity index (χ2v) is 6.26. The summed E-state index contributed by atoms with van der Waals surface area (Å²) in [5, 5.41) is 6.16. The molecule has 28 heavy (non-hydrogen) atoms. The second-order valence-electron chi connectivity index (χ2n) is 5.85. The topological polar surface area (TPSA) is 93.2 Å². The number of amides is 1. The van der Waals surface area contributed by atoms with E-state index in [1.165, 1.54) is 7.11 Å². The van der Waals surface area contributed by atoms with Gasteiger partial charge in [-0.1, -0.05) is 29.8 Å². The van der Waals surface area contributed by atoms with Crippen molar-refractivity contribution in [3.63, 3.8) is 0 Å². The highest BCUT2D eigenvalue weighted by atomic mass is 35.5. The van der Waals surface area contributed by atoms with Crippen molar-refractivity contribution < 1.29 is 14.3 Å². The first kappa shape index (κ1) is 19.3. The number of rotatable bonds is 5. The first-order chi connectivity index (χ1) is 13.5. The van der Waals surface area contributed by atoms with Crippen molar-refractivity contribution in [1.29, 1.82) is 0 Å². The van der Waals surface area contributed by atoms with E-state index < -0.39 is 11.9 Å². The highest BCUT2D eigenvalue weighted by Crippen LogP contribution is 2.21. The highest BCUT2D eigenvalue weighted by molar-refractivity contribution is 6.33. The van der Waals surface area contributed by atoms with Crippen LogP contribution in [-0.2, 0) is 4.74 Å². The van der Waals surface area contributed by atoms with Crippen LogP contribution >= 0.6 is 11.6 Å². The van der Waals surface area contributed by atoms with Crippen LogP contribution in [0.15, 0.2) is 54.6 Å². The largest absolute Gasteiger partial charge is 0.465 e. The number of hydrogen-bond acceptors (Lipinski definition) is 6. The third-order valence-electron chi connectivity index (χ3n) is 3.75. The summed E-state index contributed by atoms with van der Waals surface area (Å²) in [7, 11) is 1.32. The number of nitrogens with one attached hydrogen (secondary N) is 2. The maximum absolute atomic E-state index is 12.6. The molecule has 7 nitrogen and oxygen atoms in total. The summed E-state index contributed by atoms with van der Waals surface area (Å²) in [5.41, 5.74) is 2.25. The van der Waals surface area contributed by atoms with Gasteiger partial charge in [-0.3, -0.25) is 4.79 Å². The van der Waals surface area contributed by atoms with Crippen LogP contribution < -0.4 is 10.6 Å². The maximum atomic E-state index is 12.6. The third kappa shape index (κ3) is 4.63. The van der Waals surface area contributed by atoms with Crippen molar-refractivity contribution in [2.45, 2.75) is 6.92 Å². The Morgan fingerprint density at radius 2 is 1.82 bits per heavy atom. The number of para-hydroxylation sites is 1. The molecule has 0 aliphatic carbocycles. The summed E-state index contributed by atoms with van der Waals surface area (Å²) >= 11 is 6.08. The minimum absolute atomic E-state index is 0.180. The molecule has 1 heterocycles. The van der Waals surface area contributed by atoms with Gasteiger partial charge in [0.2, 0.25) is 5.95 Å². The number of benzene rings is 2. The van der Waals surface area contributed by atoms with E-state index in [-0.39, 0.29) is 11.6 Å². The van der Waals surface area contributed by atoms with E-state index in [1.54, 1.807) is 61.5 Å². The van der Waals surface area contributed by atoms with E-state index in [4.69, 9.17) is 16.3 Å². The van der Waals surface area contributed by atoms with Gasteiger partial charge in [-0.05, 0) is 43.3 Å². The van der Waals surface area contributed by atoms with Crippen LogP contribution in [0.2, 0.25) is 5.02 Å². The molecule has 0 aliphatic heterocycles. The van der Waals surface area contributed by atoms with Gasteiger partial charge in [0.1, 0.15) is 5.69 Å². The average molecular weight is 397 g/mol. The molecule has 0 radical (unpaired) electrons. The van der Waals surface area contributed by atoms with Crippen molar-refractivity contribution in [3.8, 4) is 0 Å². The lowest BCUT2D eigenvalue weighted by Crippen LogP contribution is -2.15. The number of anilines is 3. The van der Waals surface area contributed by atoms with Crippen molar-refractivity contribution in [3.05, 3.63) is 76.6 Å². The number of halogens is 1. The van der Waals surface area contributed by atoms with Crippen LogP contribution in [-0.4, -0.2) is 29.0 Å². The van der Waals surface area contributed by atoms with Crippen molar-refractivity contribution >= 4 is 40.8 Å². The van der Waals surface area contributed by atoms with Crippen molar-refractivity contribution in [2.75, 3.05) is 17.7 Å². The lowest BCUT2D eigenvalue weighted by molar-refractivity contribution is 0.0600. The van der Waals surface area contributed by atoms with Gasteiger partial charge in [-0.2, -0.15) is 0 Å². The zero-order valence-corrected chi connectivity index (χ0v) is 15.9. The molecule has 8 heteroatoms. The van der Waals surface area contributed by atoms with E-state index in [9.17, 15) is 9.59 Å². The molecule has 0 atom stereocenters. The van der Waals surface area contributed by atoms with Gasteiger partial charge < -0.3 is 15.4 Å². The first-order valence-electron chi connectivity index (χ1n) is 8.33. The predicted octanol–water partition coefficient (Wildman–Crippen LogP) is 4.22. The Labute approximate surface area is 166 Å². The lowest BCUT2D eigenvalue weighted by Gasteiger charge is -2.10. The van der Waals surface area contributed by atoms with E-state index in [1.807, 2.05) is 0 Å². The Morgan fingerprint density at radius 1 is 1.04 bits per heavy atom. The molecule has 2 N–H and O–H groups in total. The normalized spacial score (nSPS) is 10.2. The van der Waals surface area contributed by atoms with Gasteiger partial charge in [0.05, 0.1) is 23.4 Å². The maximum Gasteiger partial charge on any atom is 0.337 e. The second kappa shape index (κ2) is 8.49. The molecule has 1 aromatic heterocycles. The molecule has 0 unspecified atom stereocenters. The molecule has 3 aromatic rings. The quantitative estimate of drug-likeness (QED) is 0.627. The zero-order valence-electron chi connectivity index (χ0n) is 15.2. The number of aryl methyl sites for hydroxylation is 1. The number of hydrogen-bond donors (Lipinski definition) is 2. The number of nitrogens with zero attached hydrogens (tertiary/aromatic N) is 2. The fourth-order valence-corrected chi connectivity index (χ4v) is 2.64. The zero-order chi connectivity index (χ0) is 20.1. The molecular formula is C20H17ClN4O3. The first-order valence-corrected chi connectivity index (χ1v) is 8.71. The molecular weight excluding hydrogens is 380 g/mol. The number of ether oxygens (including phenoxy) is 1. The molecule has 142 valence electrons. The molecule has 0 saturated carbocycles. The monoisotopic (exact) mass is 396 g/mol. The predicted molar refractivity (Wildman–Crippen MR) is 107 cm³/mol. The Kier molecular flexibility index (Phi) is 5.86. The van der Waals surface area contributed by atoms with E-state index in [0.717, 1.165) is 0 Å². The molecule has 2 aromatic carbocycles. The van der Waals surface area contributed by atoms with Crippen LogP contribution in [0.4, 0.5) is 17.3 Å². The number of methoxy groups -OCH3 is 1. The summed E-state index contributed by atoms with van der Waals surface area (Å²) in [6, 6.07) is 15.2. The molecule has 0 aliphatic rings. The molecule has 0 spiro atoms. The Hall–Kier alpha value is -3.45. The number of carbonyl (C=O) groups is 2. The standard InChI is InChI=1S/C20H17ClN4O3/c1-12-10-17(18(26)24-16-9-4-3-8-15(16)21)25-20(22-12)23-14-7-5-6-13(11-14)19(27)28-2/h3-11H,1-2H3,(H,24,26)(H,22,23,25). The smallest absolute Gasteiger partial charge is 0.337 e. The average Bonchev–Trinajstić information content (AvgIpc) is 2.69. The van der Waals surface area contributed by atoms with Gasteiger partial charge in [0, 0.05) is 11.4 Å². The molecule has 3 rings (SSSR count). The molecule has 0 bridgehead atoms. The van der Waals surface area contributed by atoms with Gasteiger partial charge in [0.15, 0.2) is 0 Å². The summed E-state index contributed by atoms with van der Waals surface area (Å²) in [4.78, 5) is 32.8. The van der Waals surface area contributed by atoms with E-state index in [2.05, 4.69) is 20.6 Å². The SMILES string of the molecule is COC(=O)c1cccc(Nc2nc(C)cc(C(=O)Nc3ccccc3Cl)n2)c1. The highest BCUT2D eigenvalue weighted by Gasteiger charge is 2.13. The van der Waals surface area contributed by atoms with Crippen molar-refractivity contribution in [1.82, 2.24) is 9.97 Å². The Morgan fingerprint density at radius 3 is 2.57 bits per heavy atom. The third-order valence-corrected chi connectivity index (χ3v) is 4.08. The Balaban J connectivity index is 1.83. The Bertz CT molecular complexity index is 1040. The fourth-order valence-electron chi connectivity index (χ4n) is 2.46. The van der Waals surface area contributed by atoms with Gasteiger partial charge >= 0.3 is 5.97 Å². The summed E-state index contributed by atoms with van der Waals surface area (Å²) in [6.45, 7) is 1.75. The molecule has 0 fully saturated rings. The minimum atomic E-state index is -0.450. The van der Waals surface area contributed by atoms with Gasteiger partial charge in [0.25, 0.3) is 5.91 Å². The number of esters is 1. The summed E-state index contributed by atoms with van der Waals surface area (Å²) < 4.78 is 4.72. The van der Waals surface area contributed by atoms with Gasteiger partial charge in [-0.25, -0.2) is 14.8 Å². The van der Waals surface area contributed by atoms with Crippen LogP contribution in [0.5, 0.6) is 0 Å². The molecule has 0 saturated heterocycles. The lowest BCUT2D eigenvalue weighted by atomic mass is 10.2. The fraction of sp³-hybridized carbons (Fsp3) is 0.100. The van der Waals surface area contributed by atoms with Crippen molar-refractivity contribution in [2.24, 2.45) is 0 Å². The van der Waals surface area contributed by atoms with Crippen LogP contribution in [0.1, 0.15) is 26.5 Å². The van der Waals surface area contributed by atoms with Gasteiger partial charge in [-0.15, -0.1) is 0 Å². The number of carbonyl (C=O) groups excluding carboxylic acids is 2. The van der Waals surface area contributed by atoms with Crippen LogP contribution in [0.25, 0.3) is 0 Å². The summed E-state index contributed by atoms with van der Waals surface area (Å²) in [6.07, 6.45) is 0.